The number of ketones is 1. The fourth-order valence-corrected chi connectivity index (χ4v) is 1.88. The van der Waals surface area contributed by atoms with E-state index in [1.807, 2.05) is 0 Å². The van der Waals surface area contributed by atoms with Crippen LogP contribution in [0.5, 0.6) is 11.5 Å². The average Bonchev–Trinajstić information content (AvgIpc) is 3.19. The predicted molar refractivity (Wildman–Crippen MR) is 68.2 cm³/mol. The smallest absolute Gasteiger partial charge is 0.377 e. The van der Waals surface area contributed by atoms with Gasteiger partial charge in [0.15, 0.2) is 11.5 Å². The van der Waals surface area contributed by atoms with Crippen LogP contribution in [0.1, 0.15) is 23.2 Å². The molecule has 1 saturated carbocycles. The number of ether oxygens (including phenoxy) is 2. The highest BCUT2D eigenvalue weighted by Gasteiger charge is 2.28. The SMILES string of the molecule is COc1ccc(Cl)c(C(=O)C(=O)O)c1OCC1CC1. The molecule has 1 aliphatic rings. The summed E-state index contributed by atoms with van der Waals surface area (Å²) in [5, 5.41) is 8.87. The first-order chi connectivity index (χ1) is 9.04. The van der Waals surface area contributed by atoms with Crippen LogP contribution in [0.25, 0.3) is 0 Å². The quantitative estimate of drug-likeness (QED) is 0.641. The van der Waals surface area contributed by atoms with Gasteiger partial charge in [-0.25, -0.2) is 4.79 Å². The Morgan fingerprint density at radius 3 is 2.63 bits per heavy atom. The molecule has 0 amide bonds. The molecule has 6 heteroatoms. The van der Waals surface area contributed by atoms with Crippen molar-refractivity contribution in [1.29, 1.82) is 0 Å². The van der Waals surface area contributed by atoms with Gasteiger partial charge in [-0.15, -0.1) is 0 Å². The van der Waals surface area contributed by atoms with Crippen molar-refractivity contribution < 1.29 is 24.2 Å². The highest BCUT2D eigenvalue weighted by atomic mass is 35.5. The molecule has 0 bridgehead atoms. The molecule has 0 unspecified atom stereocenters. The van der Waals surface area contributed by atoms with Crippen LogP contribution in [0.15, 0.2) is 12.1 Å². The Labute approximate surface area is 115 Å². The summed E-state index contributed by atoms with van der Waals surface area (Å²) in [5.41, 5.74) is -0.158. The molecule has 0 aromatic heterocycles. The topological polar surface area (TPSA) is 72.8 Å². The zero-order chi connectivity index (χ0) is 14.0. The second-order valence-electron chi connectivity index (χ2n) is 4.34. The first-order valence-corrected chi connectivity index (χ1v) is 6.19. The average molecular weight is 285 g/mol. The van der Waals surface area contributed by atoms with E-state index in [9.17, 15) is 9.59 Å². The molecule has 102 valence electrons. The number of rotatable bonds is 6. The number of carbonyl (C=O) groups excluding carboxylic acids is 1. The van der Waals surface area contributed by atoms with E-state index in [1.54, 1.807) is 6.07 Å². The third-order valence-corrected chi connectivity index (χ3v) is 3.19. The predicted octanol–water partition coefficient (Wildman–Crippen LogP) is 2.40. The van der Waals surface area contributed by atoms with Crippen molar-refractivity contribution in [3.63, 3.8) is 0 Å². The molecule has 2 rings (SSSR count). The molecule has 0 aliphatic heterocycles. The van der Waals surface area contributed by atoms with Gasteiger partial charge in [0.05, 0.1) is 24.3 Å². The lowest BCUT2D eigenvalue weighted by atomic mass is 10.1. The molecule has 1 aliphatic carbocycles. The standard InChI is InChI=1S/C13H13ClO5/c1-18-9-5-4-8(14)10(11(15)13(16)17)12(9)19-6-7-2-3-7/h4-5,7H,2-3,6H2,1H3,(H,16,17). The van der Waals surface area contributed by atoms with Crippen molar-refractivity contribution in [2.24, 2.45) is 5.92 Å². The molecule has 0 atom stereocenters. The van der Waals surface area contributed by atoms with Crippen molar-refractivity contribution in [3.05, 3.63) is 22.7 Å². The molecule has 0 heterocycles. The van der Waals surface area contributed by atoms with E-state index in [1.165, 1.54) is 13.2 Å². The Balaban J connectivity index is 2.40. The fraction of sp³-hybridized carbons (Fsp3) is 0.385. The van der Waals surface area contributed by atoms with Gasteiger partial charge in [0.1, 0.15) is 0 Å². The Morgan fingerprint density at radius 1 is 1.42 bits per heavy atom. The Kier molecular flexibility index (Phi) is 3.95. The van der Waals surface area contributed by atoms with Crippen molar-refractivity contribution in [1.82, 2.24) is 0 Å². The summed E-state index contributed by atoms with van der Waals surface area (Å²) in [4.78, 5) is 22.5. The summed E-state index contributed by atoms with van der Waals surface area (Å²) < 4.78 is 10.6. The van der Waals surface area contributed by atoms with Crippen molar-refractivity contribution in [3.8, 4) is 11.5 Å². The van der Waals surface area contributed by atoms with Gasteiger partial charge in [-0.2, -0.15) is 0 Å². The number of carbonyl (C=O) groups is 2. The monoisotopic (exact) mass is 284 g/mol. The number of Topliss-reactive ketones (excluding diaryl/α,β-unsaturated/α-hetero) is 1. The third kappa shape index (κ3) is 2.98. The number of hydrogen-bond acceptors (Lipinski definition) is 4. The van der Waals surface area contributed by atoms with Gasteiger partial charge in [-0.3, -0.25) is 4.79 Å². The fourth-order valence-electron chi connectivity index (χ4n) is 1.65. The van der Waals surface area contributed by atoms with Crippen LogP contribution < -0.4 is 9.47 Å². The largest absolute Gasteiger partial charge is 0.493 e. The van der Waals surface area contributed by atoms with Crippen LogP contribution in [-0.2, 0) is 4.79 Å². The molecule has 5 nitrogen and oxygen atoms in total. The molecular weight excluding hydrogens is 272 g/mol. The lowest BCUT2D eigenvalue weighted by Gasteiger charge is -2.14. The number of methoxy groups -OCH3 is 1. The summed E-state index contributed by atoms with van der Waals surface area (Å²) in [6, 6.07) is 2.96. The van der Waals surface area contributed by atoms with Crippen LogP contribution in [0.2, 0.25) is 5.02 Å². The number of carboxylic acids is 1. The molecule has 1 fully saturated rings. The Hall–Kier alpha value is -1.75. The van der Waals surface area contributed by atoms with E-state index >= 15 is 0 Å². The number of hydrogen-bond donors (Lipinski definition) is 1. The summed E-state index contributed by atoms with van der Waals surface area (Å²) in [7, 11) is 1.42. The van der Waals surface area contributed by atoms with Gasteiger partial charge in [-0.05, 0) is 30.9 Å². The third-order valence-electron chi connectivity index (χ3n) is 2.87. The molecule has 0 spiro atoms. The second-order valence-corrected chi connectivity index (χ2v) is 4.75. The van der Waals surface area contributed by atoms with E-state index in [2.05, 4.69) is 0 Å². The highest BCUT2D eigenvalue weighted by molar-refractivity contribution is 6.45. The molecule has 1 aromatic carbocycles. The summed E-state index contributed by atoms with van der Waals surface area (Å²) >= 11 is 5.91. The normalized spacial score (nSPS) is 14.0. The minimum absolute atomic E-state index is 0.0407. The van der Waals surface area contributed by atoms with Gasteiger partial charge in [0.25, 0.3) is 5.78 Å². The van der Waals surface area contributed by atoms with E-state index in [0.717, 1.165) is 12.8 Å². The van der Waals surface area contributed by atoms with Gasteiger partial charge < -0.3 is 14.6 Å². The maximum Gasteiger partial charge on any atom is 0.377 e. The first kappa shape index (κ1) is 13.7. The van der Waals surface area contributed by atoms with E-state index in [4.69, 9.17) is 26.2 Å². The minimum atomic E-state index is -1.58. The maximum atomic E-state index is 11.7. The number of aliphatic carboxylic acids is 1. The Bertz CT molecular complexity index is 522. The van der Waals surface area contributed by atoms with Crippen molar-refractivity contribution >= 4 is 23.4 Å². The van der Waals surface area contributed by atoms with Crippen LogP contribution in [0, 0.1) is 5.92 Å². The van der Waals surface area contributed by atoms with Gasteiger partial charge in [-0.1, -0.05) is 11.6 Å². The molecule has 0 radical (unpaired) electrons. The number of halogens is 1. The minimum Gasteiger partial charge on any atom is -0.493 e. The van der Waals surface area contributed by atoms with Crippen LogP contribution in [0.4, 0.5) is 0 Å². The van der Waals surface area contributed by atoms with E-state index in [-0.39, 0.29) is 16.3 Å². The summed E-state index contributed by atoms with van der Waals surface area (Å²) in [6.07, 6.45) is 2.15. The molecule has 1 N–H and O–H groups in total. The molecule has 1 aromatic rings. The van der Waals surface area contributed by atoms with Gasteiger partial charge >= 0.3 is 5.97 Å². The van der Waals surface area contributed by atoms with Crippen LogP contribution in [-0.4, -0.2) is 30.6 Å². The number of benzene rings is 1. The first-order valence-electron chi connectivity index (χ1n) is 5.81. The van der Waals surface area contributed by atoms with Gasteiger partial charge in [0.2, 0.25) is 0 Å². The maximum absolute atomic E-state index is 11.7. The second kappa shape index (κ2) is 5.48. The van der Waals surface area contributed by atoms with Crippen LogP contribution >= 0.6 is 11.6 Å². The van der Waals surface area contributed by atoms with Crippen LogP contribution in [0.3, 0.4) is 0 Å². The zero-order valence-electron chi connectivity index (χ0n) is 10.3. The Morgan fingerprint density at radius 2 is 2.11 bits per heavy atom. The van der Waals surface area contributed by atoms with Crippen molar-refractivity contribution in [2.45, 2.75) is 12.8 Å². The number of carboxylic acid groups (broad SMARTS) is 1. The summed E-state index contributed by atoms with van der Waals surface area (Å²) in [6.45, 7) is 0.427. The molecular formula is C13H13ClO5. The summed E-state index contributed by atoms with van der Waals surface area (Å²) in [5.74, 6) is -1.82. The van der Waals surface area contributed by atoms with Crippen molar-refractivity contribution in [2.75, 3.05) is 13.7 Å². The van der Waals surface area contributed by atoms with Gasteiger partial charge in [0, 0.05) is 0 Å². The lowest BCUT2D eigenvalue weighted by molar-refractivity contribution is -0.131. The highest BCUT2D eigenvalue weighted by Crippen LogP contribution is 2.38. The van der Waals surface area contributed by atoms with E-state index in [0.29, 0.717) is 18.3 Å². The zero-order valence-corrected chi connectivity index (χ0v) is 11.1. The molecule has 19 heavy (non-hydrogen) atoms. The lowest BCUT2D eigenvalue weighted by Crippen LogP contribution is -2.16. The van der Waals surface area contributed by atoms with E-state index < -0.39 is 11.8 Å². The molecule has 0 saturated heterocycles.